The van der Waals surface area contributed by atoms with E-state index in [9.17, 15) is 9.59 Å². The van der Waals surface area contributed by atoms with Crippen molar-refractivity contribution in [2.45, 2.75) is 37.9 Å². The maximum absolute atomic E-state index is 12.8. The molecule has 2 amide bonds. The highest BCUT2D eigenvalue weighted by Gasteiger charge is 2.27. The van der Waals surface area contributed by atoms with Gasteiger partial charge < -0.3 is 14.2 Å². The molecule has 0 radical (unpaired) electrons. The van der Waals surface area contributed by atoms with Crippen LogP contribution in [0.2, 0.25) is 0 Å². The molecule has 0 aliphatic carbocycles. The van der Waals surface area contributed by atoms with Gasteiger partial charge in [0.05, 0.1) is 5.75 Å². The fourth-order valence-electron chi connectivity index (χ4n) is 3.83. The van der Waals surface area contributed by atoms with Crippen LogP contribution >= 0.6 is 11.8 Å². The Morgan fingerprint density at radius 3 is 2.93 bits per heavy atom. The molecule has 3 heterocycles. The first-order valence-electron chi connectivity index (χ1n) is 10.6. The fraction of sp³-hybridized carbons (Fsp3) is 0.522. The number of carbonyl (C=O) groups excluding carboxylic acids is 2. The average Bonchev–Trinajstić information content (AvgIpc) is 3.25. The minimum absolute atomic E-state index is 0.0362. The molecular weight excluding hydrogens is 398 g/mol. The summed E-state index contributed by atoms with van der Waals surface area (Å²) in [5.41, 5.74) is 0.997. The number of pyridine rings is 1. The van der Waals surface area contributed by atoms with Gasteiger partial charge in [-0.15, -0.1) is 0 Å². The fourth-order valence-corrected chi connectivity index (χ4v) is 4.26. The molecule has 2 aromatic rings. The maximum atomic E-state index is 12.8. The number of furan rings is 1. The Labute approximate surface area is 183 Å². The molecule has 7 heteroatoms. The Balaban J connectivity index is 1.43. The van der Waals surface area contributed by atoms with Crippen LogP contribution in [0.15, 0.2) is 40.9 Å². The van der Waals surface area contributed by atoms with Crippen LogP contribution in [-0.2, 0) is 17.0 Å². The number of nitrogens with zero attached hydrogens (tertiary/aromatic N) is 3. The lowest BCUT2D eigenvalue weighted by atomic mass is 9.93. The number of amides is 2. The summed E-state index contributed by atoms with van der Waals surface area (Å²) >= 11 is 1.67. The van der Waals surface area contributed by atoms with Crippen molar-refractivity contribution in [3.8, 4) is 0 Å². The van der Waals surface area contributed by atoms with Crippen molar-refractivity contribution in [2.24, 2.45) is 5.92 Å². The van der Waals surface area contributed by atoms with Crippen LogP contribution in [0.25, 0.3) is 0 Å². The van der Waals surface area contributed by atoms with Crippen LogP contribution in [0.1, 0.15) is 47.7 Å². The third kappa shape index (κ3) is 6.36. The van der Waals surface area contributed by atoms with Crippen molar-refractivity contribution in [1.29, 1.82) is 0 Å². The molecule has 30 heavy (non-hydrogen) atoms. The van der Waals surface area contributed by atoms with E-state index in [0.29, 0.717) is 31.2 Å². The predicted octanol–water partition coefficient (Wildman–Crippen LogP) is 3.87. The van der Waals surface area contributed by atoms with E-state index >= 15 is 0 Å². The van der Waals surface area contributed by atoms with E-state index in [1.165, 1.54) is 0 Å². The zero-order valence-electron chi connectivity index (χ0n) is 17.9. The van der Waals surface area contributed by atoms with E-state index < -0.39 is 0 Å². The summed E-state index contributed by atoms with van der Waals surface area (Å²) in [6.07, 6.45) is 7.91. The van der Waals surface area contributed by atoms with Crippen molar-refractivity contribution < 1.29 is 14.0 Å². The molecular formula is C23H31N3O3S. The average molecular weight is 430 g/mol. The molecule has 6 nitrogen and oxygen atoms in total. The Bertz CT molecular complexity index is 824. The van der Waals surface area contributed by atoms with Crippen LogP contribution in [-0.4, -0.2) is 59.5 Å². The first kappa shape index (κ1) is 22.4. The monoisotopic (exact) mass is 429 g/mol. The van der Waals surface area contributed by atoms with Crippen LogP contribution in [0.5, 0.6) is 0 Å². The van der Waals surface area contributed by atoms with E-state index in [4.69, 9.17) is 4.42 Å². The van der Waals surface area contributed by atoms with Crippen molar-refractivity contribution in [3.05, 3.63) is 53.7 Å². The molecule has 162 valence electrons. The normalized spacial score (nSPS) is 16.5. The highest BCUT2D eigenvalue weighted by Crippen LogP contribution is 2.24. The van der Waals surface area contributed by atoms with E-state index in [1.807, 2.05) is 42.5 Å². The summed E-state index contributed by atoms with van der Waals surface area (Å²) in [5, 5.41) is 0. The summed E-state index contributed by atoms with van der Waals surface area (Å²) in [5.74, 6) is 2.50. The number of hydrogen-bond acceptors (Lipinski definition) is 5. The molecule has 3 rings (SSSR count). The summed E-state index contributed by atoms with van der Waals surface area (Å²) in [6.45, 7) is 2.12. The lowest BCUT2D eigenvalue weighted by Gasteiger charge is -2.32. The van der Waals surface area contributed by atoms with Crippen molar-refractivity contribution in [2.75, 3.05) is 32.9 Å². The Morgan fingerprint density at radius 1 is 1.30 bits per heavy atom. The molecule has 0 N–H and O–H groups in total. The molecule has 0 aromatic carbocycles. The van der Waals surface area contributed by atoms with Gasteiger partial charge in [0.2, 0.25) is 5.91 Å². The van der Waals surface area contributed by atoms with Crippen LogP contribution < -0.4 is 0 Å². The minimum atomic E-state index is -0.0362. The van der Waals surface area contributed by atoms with E-state index in [-0.39, 0.29) is 11.8 Å². The third-order valence-corrected chi connectivity index (χ3v) is 6.16. The minimum Gasteiger partial charge on any atom is -0.455 e. The van der Waals surface area contributed by atoms with Crippen LogP contribution in [0.3, 0.4) is 0 Å². The topological polar surface area (TPSA) is 66.7 Å². The van der Waals surface area contributed by atoms with E-state index in [0.717, 1.165) is 49.4 Å². The third-order valence-electron chi connectivity index (χ3n) is 5.59. The summed E-state index contributed by atoms with van der Waals surface area (Å²) in [7, 11) is 1.85. The lowest BCUT2D eigenvalue weighted by molar-refractivity contribution is -0.130. The van der Waals surface area contributed by atoms with Gasteiger partial charge in [-0.05, 0) is 55.7 Å². The van der Waals surface area contributed by atoms with Gasteiger partial charge in [-0.3, -0.25) is 14.6 Å². The summed E-state index contributed by atoms with van der Waals surface area (Å²) in [6, 6.07) is 9.50. The maximum Gasteiger partial charge on any atom is 0.289 e. The van der Waals surface area contributed by atoms with Crippen molar-refractivity contribution >= 4 is 23.6 Å². The molecule has 0 unspecified atom stereocenters. The summed E-state index contributed by atoms with van der Waals surface area (Å²) < 4.78 is 5.69. The van der Waals surface area contributed by atoms with Gasteiger partial charge in [0.25, 0.3) is 5.91 Å². The quantitative estimate of drug-likeness (QED) is 0.605. The number of hydrogen-bond donors (Lipinski definition) is 0. The molecule has 1 saturated heterocycles. The number of piperidine rings is 1. The van der Waals surface area contributed by atoms with Crippen LogP contribution in [0.4, 0.5) is 0 Å². The lowest BCUT2D eigenvalue weighted by Crippen LogP contribution is -2.40. The second-order valence-corrected chi connectivity index (χ2v) is 8.75. The second kappa shape index (κ2) is 11.2. The van der Waals surface area contributed by atoms with Gasteiger partial charge >= 0.3 is 0 Å². The molecule has 0 spiro atoms. The number of rotatable bonds is 9. The highest BCUT2D eigenvalue weighted by molar-refractivity contribution is 7.97. The predicted molar refractivity (Wildman–Crippen MR) is 119 cm³/mol. The van der Waals surface area contributed by atoms with Crippen molar-refractivity contribution in [1.82, 2.24) is 14.8 Å². The van der Waals surface area contributed by atoms with Crippen molar-refractivity contribution in [3.63, 3.8) is 0 Å². The van der Waals surface area contributed by atoms with Gasteiger partial charge in [-0.1, -0.05) is 6.07 Å². The first-order valence-corrected chi connectivity index (χ1v) is 12.0. The van der Waals surface area contributed by atoms with Gasteiger partial charge in [0.1, 0.15) is 5.76 Å². The summed E-state index contributed by atoms with van der Waals surface area (Å²) in [4.78, 5) is 33.3. The zero-order valence-corrected chi connectivity index (χ0v) is 18.7. The van der Waals surface area contributed by atoms with Gasteiger partial charge in [0.15, 0.2) is 5.76 Å². The standard InChI is InChI=1S/C23H31N3O3S/c1-25(15-12-19-7-3-4-13-24-19)22(27)11-8-18-6-5-14-26(16-18)23(28)21-10-9-20(29-21)17-30-2/h3-4,7,9-10,13,18H,5-6,8,11-12,14-17H2,1-2H3/t18-/m1/s1. The number of likely N-dealkylation sites (N-methyl/N-ethyl adjacent to an activating group) is 1. The van der Waals surface area contributed by atoms with Crippen LogP contribution in [0, 0.1) is 5.92 Å². The SMILES string of the molecule is CSCc1ccc(C(=O)N2CCC[C@H](CCC(=O)N(C)CCc3ccccn3)C2)o1. The first-order chi connectivity index (χ1) is 14.6. The highest BCUT2D eigenvalue weighted by atomic mass is 32.2. The molecule has 0 saturated carbocycles. The molecule has 2 aromatic heterocycles. The van der Waals surface area contributed by atoms with E-state index in [1.54, 1.807) is 28.9 Å². The number of thioether (sulfide) groups is 1. The zero-order chi connectivity index (χ0) is 21.3. The Hall–Kier alpha value is -2.28. The molecule has 1 fully saturated rings. The number of carbonyl (C=O) groups is 2. The number of likely N-dealkylation sites (tertiary alicyclic amines) is 1. The van der Waals surface area contributed by atoms with E-state index in [2.05, 4.69) is 4.98 Å². The van der Waals surface area contributed by atoms with Gasteiger partial charge in [-0.2, -0.15) is 11.8 Å². The molecule has 0 bridgehead atoms. The molecule has 1 aliphatic rings. The van der Waals surface area contributed by atoms with Gasteiger partial charge in [-0.25, -0.2) is 0 Å². The number of aromatic nitrogens is 1. The Morgan fingerprint density at radius 2 is 2.17 bits per heavy atom. The largest absolute Gasteiger partial charge is 0.455 e. The molecule has 1 atom stereocenters. The smallest absolute Gasteiger partial charge is 0.289 e. The second-order valence-electron chi connectivity index (χ2n) is 7.88. The Kier molecular flexibility index (Phi) is 8.37. The molecule has 1 aliphatic heterocycles. The van der Waals surface area contributed by atoms with Gasteiger partial charge in [0, 0.05) is 51.4 Å².